The molecule has 0 amide bonds. The molecule has 98 valence electrons. The summed E-state index contributed by atoms with van der Waals surface area (Å²) in [5.41, 5.74) is 4.91. The number of hydrogen-bond acceptors (Lipinski definition) is 3. The van der Waals surface area contributed by atoms with E-state index in [-0.39, 0.29) is 18.6 Å². The van der Waals surface area contributed by atoms with Crippen molar-refractivity contribution < 1.29 is 21.8 Å². The summed E-state index contributed by atoms with van der Waals surface area (Å²) in [4.78, 5) is 0. The van der Waals surface area contributed by atoms with Crippen molar-refractivity contribution in [3.63, 3.8) is 0 Å². The number of hydrogen-bond donors (Lipinski definition) is 2. The number of rotatable bonds is 7. The van der Waals surface area contributed by atoms with Gasteiger partial charge in [-0.1, -0.05) is 12.5 Å². The Kier molecular flexibility index (Phi) is 12.2. The van der Waals surface area contributed by atoms with Gasteiger partial charge in [0, 0.05) is 13.0 Å². The maximum atomic E-state index is 11.5. The van der Waals surface area contributed by atoms with Crippen molar-refractivity contribution in [2.45, 2.75) is 32.1 Å². The summed E-state index contributed by atoms with van der Waals surface area (Å²) in [6.45, 7) is 3.94. The van der Waals surface area contributed by atoms with E-state index in [1.54, 1.807) is 6.08 Å². The van der Waals surface area contributed by atoms with Gasteiger partial charge in [-0.25, -0.2) is 8.78 Å². The highest BCUT2D eigenvalue weighted by molar-refractivity contribution is 7.85. The van der Waals surface area contributed by atoms with Gasteiger partial charge in [0.25, 0.3) is 10.1 Å². The van der Waals surface area contributed by atoms with Gasteiger partial charge in [0.2, 0.25) is 6.43 Å². The van der Waals surface area contributed by atoms with E-state index in [9.17, 15) is 17.2 Å². The predicted octanol–water partition coefficient (Wildman–Crippen LogP) is 1.83. The summed E-state index contributed by atoms with van der Waals surface area (Å²) < 4.78 is 51.6. The highest BCUT2D eigenvalue weighted by atomic mass is 32.2. The molecule has 0 aliphatic carbocycles. The Labute approximate surface area is 95.3 Å². The quantitative estimate of drug-likeness (QED) is 0.415. The molecule has 0 atom stereocenters. The van der Waals surface area contributed by atoms with Crippen molar-refractivity contribution in [2.24, 2.45) is 5.73 Å². The highest BCUT2D eigenvalue weighted by Gasteiger charge is 2.05. The van der Waals surface area contributed by atoms with Crippen LogP contribution in [0.4, 0.5) is 8.78 Å². The number of halogens is 2. The second-order valence-corrected chi connectivity index (χ2v) is 4.62. The first-order valence-electron chi connectivity index (χ1n) is 4.87. The van der Waals surface area contributed by atoms with Crippen molar-refractivity contribution >= 4 is 10.1 Å². The van der Waals surface area contributed by atoms with E-state index < -0.39 is 16.5 Å². The van der Waals surface area contributed by atoms with Gasteiger partial charge in [-0.15, -0.1) is 6.58 Å². The molecule has 7 heteroatoms. The normalized spacial score (nSPS) is 10.8. The van der Waals surface area contributed by atoms with E-state index in [0.717, 1.165) is 0 Å². The molecule has 0 bridgehead atoms. The zero-order chi connectivity index (χ0) is 13.0. The van der Waals surface area contributed by atoms with Crippen LogP contribution in [0.2, 0.25) is 0 Å². The summed E-state index contributed by atoms with van der Waals surface area (Å²) >= 11 is 0. The van der Waals surface area contributed by atoms with E-state index in [1.165, 1.54) is 0 Å². The van der Waals surface area contributed by atoms with Crippen LogP contribution in [0.15, 0.2) is 12.7 Å². The molecule has 0 spiro atoms. The molecule has 0 aromatic carbocycles. The summed E-state index contributed by atoms with van der Waals surface area (Å²) in [5.74, 6) is -0.337. The van der Waals surface area contributed by atoms with Gasteiger partial charge in [0.1, 0.15) is 0 Å². The molecule has 0 unspecified atom stereocenters. The second kappa shape index (κ2) is 11.0. The number of alkyl halides is 2. The molecular weight excluding hydrogens is 240 g/mol. The molecular formula is C9H19F2NO3S. The minimum atomic E-state index is -3.91. The first-order valence-corrected chi connectivity index (χ1v) is 6.48. The maximum Gasteiger partial charge on any atom is 0.264 e. The van der Waals surface area contributed by atoms with E-state index >= 15 is 0 Å². The largest absolute Gasteiger partial charge is 0.327 e. The number of nitrogens with two attached hydrogens (primary N) is 1. The SMILES string of the molecule is C=CCN.O=S(=O)(O)CCCCCC(F)F. The van der Waals surface area contributed by atoms with Crippen LogP contribution in [-0.2, 0) is 10.1 Å². The van der Waals surface area contributed by atoms with Gasteiger partial charge in [0.15, 0.2) is 0 Å². The van der Waals surface area contributed by atoms with Crippen molar-refractivity contribution in [1.82, 2.24) is 0 Å². The minimum absolute atomic E-state index is 0.203. The minimum Gasteiger partial charge on any atom is -0.327 e. The third kappa shape index (κ3) is 23.4. The Morgan fingerprint density at radius 3 is 2.12 bits per heavy atom. The molecule has 0 rings (SSSR count). The van der Waals surface area contributed by atoms with Gasteiger partial charge >= 0.3 is 0 Å². The fourth-order valence-electron chi connectivity index (χ4n) is 0.760. The molecule has 0 radical (unpaired) electrons. The molecule has 16 heavy (non-hydrogen) atoms. The molecule has 0 fully saturated rings. The molecule has 0 saturated heterocycles. The molecule has 0 heterocycles. The summed E-state index contributed by atoms with van der Waals surface area (Å²) in [7, 11) is -3.91. The van der Waals surface area contributed by atoms with Crippen LogP contribution in [0.5, 0.6) is 0 Å². The Morgan fingerprint density at radius 1 is 1.31 bits per heavy atom. The van der Waals surface area contributed by atoms with Crippen LogP contribution in [0.1, 0.15) is 25.7 Å². The van der Waals surface area contributed by atoms with Gasteiger partial charge < -0.3 is 5.73 Å². The fraction of sp³-hybridized carbons (Fsp3) is 0.778. The van der Waals surface area contributed by atoms with E-state index in [1.807, 2.05) is 0 Å². The van der Waals surface area contributed by atoms with Crippen molar-refractivity contribution in [3.05, 3.63) is 12.7 Å². The second-order valence-electron chi connectivity index (χ2n) is 3.05. The van der Waals surface area contributed by atoms with Crippen molar-refractivity contribution in [2.75, 3.05) is 12.3 Å². The van der Waals surface area contributed by atoms with Crippen LogP contribution in [-0.4, -0.2) is 31.7 Å². The monoisotopic (exact) mass is 259 g/mol. The zero-order valence-electron chi connectivity index (χ0n) is 9.11. The van der Waals surface area contributed by atoms with Crippen LogP contribution < -0.4 is 5.73 Å². The molecule has 0 aliphatic rings. The van der Waals surface area contributed by atoms with Crippen molar-refractivity contribution in [3.8, 4) is 0 Å². The summed E-state index contributed by atoms with van der Waals surface area (Å²) in [6, 6.07) is 0. The molecule has 3 N–H and O–H groups in total. The predicted molar refractivity (Wildman–Crippen MR) is 60.1 cm³/mol. The van der Waals surface area contributed by atoms with Gasteiger partial charge in [-0.2, -0.15) is 8.42 Å². The van der Waals surface area contributed by atoms with Gasteiger partial charge in [-0.3, -0.25) is 4.55 Å². The average molecular weight is 259 g/mol. The fourth-order valence-corrected chi connectivity index (χ4v) is 1.33. The molecule has 0 aromatic heterocycles. The smallest absolute Gasteiger partial charge is 0.264 e. The Hall–Kier alpha value is -0.530. The van der Waals surface area contributed by atoms with Crippen molar-refractivity contribution in [1.29, 1.82) is 0 Å². The lowest BCUT2D eigenvalue weighted by molar-refractivity contribution is 0.134. The maximum absolute atomic E-state index is 11.5. The van der Waals surface area contributed by atoms with Gasteiger partial charge in [0.05, 0.1) is 5.75 Å². The zero-order valence-corrected chi connectivity index (χ0v) is 9.93. The first kappa shape index (κ1) is 17.9. The lowest BCUT2D eigenvalue weighted by Gasteiger charge is -1.98. The Bertz CT molecular complexity index is 255. The van der Waals surface area contributed by atoms with Crippen LogP contribution >= 0.6 is 0 Å². The highest BCUT2D eigenvalue weighted by Crippen LogP contribution is 2.07. The molecule has 0 aliphatic heterocycles. The Morgan fingerprint density at radius 2 is 1.81 bits per heavy atom. The lowest BCUT2D eigenvalue weighted by atomic mass is 10.2. The molecule has 4 nitrogen and oxygen atoms in total. The Balaban J connectivity index is 0. The standard InChI is InChI=1S/C6H12F2O3S.C3H7N/c7-6(8)4-2-1-3-5-12(9,10)11;1-2-3-4/h6H,1-5H2,(H,9,10,11);2H,1,3-4H2. The van der Waals surface area contributed by atoms with Crippen LogP contribution in [0, 0.1) is 0 Å². The third-order valence-electron chi connectivity index (χ3n) is 1.49. The van der Waals surface area contributed by atoms with E-state index in [4.69, 9.17) is 10.3 Å². The first-order chi connectivity index (χ1) is 7.33. The lowest BCUT2D eigenvalue weighted by Crippen LogP contribution is -2.03. The summed E-state index contributed by atoms with van der Waals surface area (Å²) in [6.07, 6.45) is 0.0738. The van der Waals surface area contributed by atoms with E-state index in [2.05, 4.69) is 6.58 Å². The topological polar surface area (TPSA) is 80.4 Å². The summed E-state index contributed by atoms with van der Waals surface area (Å²) in [5, 5.41) is 0. The van der Waals surface area contributed by atoms with Crippen LogP contribution in [0.25, 0.3) is 0 Å². The van der Waals surface area contributed by atoms with E-state index in [0.29, 0.717) is 19.4 Å². The third-order valence-corrected chi connectivity index (χ3v) is 2.30. The molecule has 0 aromatic rings. The molecule has 0 saturated carbocycles. The average Bonchev–Trinajstić information content (AvgIpc) is 2.15. The number of unbranched alkanes of at least 4 members (excludes halogenated alkanes) is 2. The van der Waals surface area contributed by atoms with Gasteiger partial charge in [-0.05, 0) is 12.8 Å². The van der Waals surface area contributed by atoms with Crippen LogP contribution in [0.3, 0.4) is 0 Å².